The topological polar surface area (TPSA) is 44.8 Å². The molecule has 4 aromatic heterocycles. The van der Waals surface area contributed by atoms with Crippen LogP contribution in [0.15, 0.2) is 103 Å². The second kappa shape index (κ2) is 9.95. The van der Waals surface area contributed by atoms with Gasteiger partial charge in [-0.05, 0) is 28.1 Å². The zero-order valence-electron chi connectivity index (χ0n) is 20.9. The Bertz CT molecular complexity index is 1660. The van der Waals surface area contributed by atoms with Crippen LogP contribution in [0.1, 0.15) is 26.3 Å². The van der Waals surface area contributed by atoms with Crippen molar-refractivity contribution in [2.45, 2.75) is 26.2 Å². The normalized spacial score (nSPS) is 11.4. The Balaban J connectivity index is 0.00000280. The molecule has 0 saturated heterocycles. The van der Waals surface area contributed by atoms with Gasteiger partial charge >= 0.3 is 21.1 Å². The standard InChI is InChI=1S/C32H26N4.Pt/c1-32(2,3)26-20-24(27-11-7-8-17-33-27)19-25(21-26)29-13-12-23-16-18-36(31(23)35-29)30-15-14-28(34-30)22-9-5-4-6-10-22;/h4-18,20-21H,1-3H3;/q-2;+2. The molecular formula is C32H26N4Pt. The largest absolute Gasteiger partial charge is 2.00 e. The van der Waals surface area contributed by atoms with Crippen LogP contribution in [-0.4, -0.2) is 14.5 Å². The van der Waals surface area contributed by atoms with Gasteiger partial charge in [0.2, 0.25) is 0 Å². The first-order valence-electron chi connectivity index (χ1n) is 12.1. The third-order valence-electron chi connectivity index (χ3n) is 6.43. The van der Waals surface area contributed by atoms with Gasteiger partial charge in [0, 0.05) is 17.6 Å². The first-order chi connectivity index (χ1) is 17.5. The molecule has 2 aromatic carbocycles. The van der Waals surface area contributed by atoms with E-state index < -0.39 is 0 Å². The molecule has 37 heavy (non-hydrogen) atoms. The van der Waals surface area contributed by atoms with Crippen LogP contribution in [0.25, 0.3) is 50.6 Å². The second-order valence-corrected chi connectivity index (χ2v) is 10.0. The third kappa shape index (κ3) is 4.94. The van der Waals surface area contributed by atoms with Gasteiger partial charge in [0.05, 0.1) is 5.65 Å². The van der Waals surface area contributed by atoms with Crippen molar-refractivity contribution in [3.63, 3.8) is 0 Å². The molecule has 184 valence electrons. The second-order valence-electron chi connectivity index (χ2n) is 10.0. The summed E-state index contributed by atoms with van der Waals surface area (Å²) >= 11 is 0. The molecule has 0 aliphatic carbocycles. The van der Waals surface area contributed by atoms with E-state index in [0.29, 0.717) is 0 Å². The van der Waals surface area contributed by atoms with Crippen LogP contribution in [-0.2, 0) is 26.5 Å². The molecule has 0 aliphatic rings. The van der Waals surface area contributed by atoms with Gasteiger partial charge in [-0.1, -0.05) is 117 Å². The number of nitrogens with zero attached hydrogens (tertiary/aromatic N) is 4. The number of benzene rings is 2. The fourth-order valence-corrected chi connectivity index (χ4v) is 4.40. The first kappa shape index (κ1) is 24.9. The van der Waals surface area contributed by atoms with E-state index in [2.05, 4.69) is 84.9 Å². The molecule has 5 heteroatoms. The Morgan fingerprint density at radius 2 is 1.54 bits per heavy atom. The number of hydrogen-bond donors (Lipinski definition) is 0. The van der Waals surface area contributed by atoms with Crippen LogP contribution in [0.5, 0.6) is 0 Å². The molecule has 0 spiro atoms. The zero-order chi connectivity index (χ0) is 24.7. The molecule has 6 aromatic rings. The Labute approximate surface area is 231 Å². The Morgan fingerprint density at radius 1 is 0.784 bits per heavy atom. The molecule has 6 rings (SSSR count). The maximum atomic E-state index is 5.09. The average Bonchev–Trinajstić information content (AvgIpc) is 3.56. The van der Waals surface area contributed by atoms with Gasteiger partial charge in [0.1, 0.15) is 0 Å². The molecular weight excluding hydrogens is 635 g/mol. The maximum Gasteiger partial charge on any atom is 2.00 e. The molecule has 0 unspecified atom stereocenters. The van der Waals surface area contributed by atoms with Gasteiger partial charge < -0.3 is 9.55 Å². The SMILES string of the molecule is CC(C)(C)c1cc(-c2ccccn2)[c-]c(-c2ccc3ccn(-c4ccc(-c5ccccc5)[n-]4)c3n2)c1.[Pt+2]. The molecule has 0 N–H and O–H groups in total. The summed E-state index contributed by atoms with van der Waals surface area (Å²) in [6.07, 6.45) is 3.85. The summed E-state index contributed by atoms with van der Waals surface area (Å²) in [4.78, 5) is 14.5. The molecule has 4 nitrogen and oxygen atoms in total. The smallest absolute Gasteiger partial charge is 0.435 e. The van der Waals surface area contributed by atoms with Crippen LogP contribution >= 0.6 is 0 Å². The number of hydrogen-bond acceptors (Lipinski definition) is 2. The van der Waals surface area contributed by atoms with E-state index in [9.17, 15) is 0 Å². The summed E-state index contributed by atoms with van der Waals surface area (Å²) in [5, 5.41) is 1.07. The van der Waals surface area contributed by atoms with E-state index >= 15 is 0 Å². The van der Waals surface area contributed by atoms with Crippen molar-refractivity contribution in [3.05, 3.63) is 115 Å². The van der Waals surface area contributed by atoms with E-state index in [0.717, 1.165) is 50.6 Å². The van der Waals surface area contributed by atoms with Crippen LogP contribution < -0.4 is 4.98 Å². The van der Waals surface area contributed by atoms with Gasteiger partial charge in [-0.15, -0.1) is 23.8 Å². The minimum absolute atomic E-state index is 0. The quantitative estimate of drug-likeness (QED) is 0.184. The zero-order valence-corrected chi connectivity index (χ0v) is 23.2. The Morgan fingerprint density at radius 3 is 2.27 bits per heavy atom. The molecule has 0 atom stereocenters. The Hall–Kier alpha value is -3.75. The summed E-state index contributed by atoms with van der Waals surface area (Å²) in [7, 11) is 0. The monoisotopic (exact) mass is 661 g/mol. The summed E-state index contributed by atoms with van der Waals surface area (Å²) in [6.45, 7) is 6.67. The molecule has 0 saturated carbocycles. The van der Waals surface area contributed by atoms with Crippen LogP contribution in [0.2, 0.25) is 0 Å². The van der Waals surface area contributed by atoms with Gasteiger partial charge in [-0.2, -0.15) is 0 Å². The van der Waals surface area contributed by atoms with Crippen LogP contribution in [0, 0.1) is 6.07 Å². The van der Waals surface area contributed by atoms with Gasteiger partial charge in [-0.25, -0.2) is 0 Å². The molecule has 0 radical (unpaired) electrons. The minimum atomic E-state index is -0.0231. The molecule has 0 bridgehead atoms. The average molecular weight is 662 g/mol. The molecule has 4 heterocycles. The van der Waals surface area contributed by atoms with Crippen molar-refractivity contribution in [3.8, 4) is 39.6 Å². The van der Waals surface area contributed by atoms with Crippen LogP contribution in [0.3, 0.4) is 0 Å². The van der Waals surface area contributed by atoms with Crippen molar-refractivity contribution < 1.29 is 21.1 Å². The summed E-state index contributed by atoms with van der Waals surface area (Å²) in [5.41, 5.74) is 7.84. The van der Waals surface area contributed by atoms with Crippen molar-refractivity contribution in [2.75, 3.05) is 0 Å². The molecule has 0 fully saturated rings. The fourth-order valence-electron chi connectivity index (χ4n) is 4.40. The minimum Gasteiger partial charge on any atom is -0.435 e. The van der Waals surface area contributed by atoms with Gasteiger partial charge in [0.25, 0.3) is 0 Å². The van der Waals surface area contributed by atoms with E-state index in [4.69, 9.17) is 9.97 Å². The van der Waals surface area contributed by atoms with E-state index in [1.807, 2.05) is 54.9 Å². The van der Waals surface area contributed by atoms with E-state index in [1.165, 1.54) is 5.56 Å². The summed E-state index contributed by atoms with van der Waals surface area (Å²) in [5.74, 6) is 0.857. The fraction of sp³-hybridized carbons (Fsp3) is 0.125. The van der Waals surface area contributed by atoms with E-state index in [-0.39, 0.29) is 26.5 Å². The number of aromatic nitrogens is 4. The molecule has 0 aliphatic heterocycles. The van der Waals surface area contributed by atoms with E-state index in [1.54, 1.807) is 0 Å². The predicted octanol–water partition coefficient (Wildman–Crippen LogP) is 7.47. The third-order valence-corrected chi connectivity index (χ3v) is 6.43. The number of fused-ring (bicyclic) bond motifs is 1. The van der Waals surface area contributed by atoms with Crippen molar-refractivity contribution >= 4 is 11.0 Å². The van der Waals surface area contributed by atoms with Crippen LogP contribution in [0.4, 0.5) is 0 Å². The van der Waals surface area contributed by atoms with Crippen molar-refractivity contribution in [1.82, 2.24) is 19.5 Å². The number of pyridine rings is 2. The molecule has 0 amide bonds. The van der Waals surface area contributed by atoms with Gasteiger partial charge in [-0.3, -0.25) is 9.97 Å². The maximum absolute atomic E-state index is 5.09. The first-order valence-corrected chi connectivity index (χ1v) is 12.1. The van der Waals surface area contributed by atoms with Gasteiger partial charge in [0.15, 0.2) is 0 Å². The predicted molar refractivity (Wildman–Crippen MR) is 146 cm³/mol. The van der Waals surface area contributed by atoms with Crippen molar-refractivity contribution in [1.29, 1.82) is 0 Å². The number of rotatable bonds is 4. The summed E-state index contributed by atoms with van der Waals surface area (Å²) < 4.78 is 2.05. The summed E-state index contributed by atoms with van der Waals surface area (Å²) in [6, 6.07) is 34.5. The van der Waals surface area contributed by atoms with Crippen molar-refractivity contribution in [2.24, 2.45) is 0 Å². The Kier molecular flexibility index (Phi) is 6.70.